The van der Waals surface area contributed by atoms with Crippen LogP contribution in [0.5, 0.6) is 0 Å². The van der Waals surface area contributed by atoms with Gasteiger partial charge in [0.05, 0.1) is 29.5 Å². The van der Waals surface area contributed by atoms with Crippen molar-refractivity contribution in [3.63, 3.8) is 0 Å². The van der Waals surface area contributed by atoms with Crippen molar-refractivity contribution in [1.29, 1.82) is 5.26 Å². The van der Waals surface area contributed by atoms with Crippen LogP contribution in [0.1, 0.15) is 38.0 Å². The van der Waals surface area contributed by atoms with Crippen molar-refractivity contribution in [2.75, 3.05) is 11.5 Å². The van der Waals surface area contributed by atoms with Crippen LogP contribution in [0.15, 0.2) is 48.5 Å². The Kier molecular flexibility index (Phi) is 4.81. The predicted octanol–water partition coefficient (Wildman–Crippen LogP) is 2.37. The lowest BCUT2D eigenvalue weighted by Crippen LogP contribution is -2.29. The average molecular weight is 362 g/mol. The number of Topliss-reactive ketones (excluding diaryl/α,β-unsaturated/α-hetero) is 1. The van der Waals surface area contributed by atoms with E-state index in [9.17, 15) is 19.2 Å². The van der Waals surface area contributed by atoms with Gasteiger partial charge in [-0.3, -0.25) is 19.2 Å². The Labute approximate surface area is 154 Å². The fourth-order valence-electron chi connectivity index (χ4n) is 2.81. The van der Waals surface area contributed by atoms with Crippen molar-refractivity contribution in [3.05, 3.63) is 65.2 Å². The summed E-state index contributed by atoms with van der Waals surface area (Å²) in [5.74, 6) is -4.07. The van der Waals surface area contributed by atoms with Gasteiger partial charge in [-0.05, 0) is 43.3 Å². The minimum Gasteiger partial charge on any atom is -0.465 e. The number of hydrogen-bond donors (Lipinski definition) is 0. The van der Waals surface area contributed by atoms with Crippen LogP contribution in [0.4, 0.5) is 5.69 Å². The summed E-state index contributed by atoms with van der Waals surface area (Å²) in [5.41, 5.74) is 1.03. The summed E-state index contributed by atoms with van der Waals surface area (Å²) in [7, 11) is 0. The average Bonchev–Trinajstić information content (AvgIpc) is 2.94. The lowest BCUT2D eigenvalue weighted by Gasteiger charge is -2.14. The highest BCUT2D eigenvalue weighted by atomic mass is 16.5. The molecule has 0 radical (unpaired) electrons. The number of fused-ring (bicyclic) bond motifs is 1. The van der Waals surface area contributed by atoms with Crippen LogP contribution in [0.3, 0.4) is 0 Å². The minimum absolute atomic E-state index is 0.0585. The van der Waals surface area contributed by atoms with Crippen LogP contribution in [-0.2, 0) is 9.53 Å². The topological polar surface area (TPSA) is 105 Å². The Balaban J connectivity index is 1.86. The van der Waals surface area contributed by atoms with E-state index < -0.39 is 29.5 Å². The number of carbonyl (C=O) groups excluding carboxylic acids is 4. The molecule has 1 aliphatic rings. The van der Waals surface area contributed by atoms with E-state index in [-0.39, 0.29) is 12.2 Å². The van der Waals surface area contributed by atoms with Crippen molar-refractivity contribution in [2.45, 2.75) is 6.92 Å². The van der Waals surface area contributed by atoms with Gasteiger partial charge in [0.2, 0.25) is 5.92 Å². The second-order valence-electron chi connectivity index (χ2n) is 5.72. The Morgan fingerprint density at radius 2 is 1.59 bits per heavy atom. The van der Waals surface area contributed by atoms with Crippen molar-refractivity contribution >= 4 is 29.3 Å². The summed E-state index contributed by atoms with van der Waals surface area (Å²) in [6, 6.07) is 13.7. The van der Waals surface area contributed by atoms with Gasteiger partial charge in [0.25, 0.3) is 11.8 Å². The first kappa shape index (κ1) is 18.0. The zero-order valence-electron chi connectivity index (χ0n) is 14.3. The molecule has 7 heteroatoms. The fraction of sp³-hybridized carbons (Fsp3) is 0.150. The summed E-state index contributed by atoms with van der Waals surface area (Å²) >= 11 is 0. The highest BCUT2D eigenvalue weighted by molar-refractivity contribution is 6.34. The maximum absolute atomic E-state index is 12.5. The smallest absolute Gasteiger partial charge is 0.331 e. The molecule has 2 aromatic carbocycles. The van der Waals surface area contributed by atoms with Crippen molar-refractivity contribution in [2.24, 2.45) is 5.92 Å². The van der Waals surface area contributed by atoms with Gasteiger partial charge in [-0.25, -0.2) is 4.90 Å². The SMILES string of the molecule is CCOC(=O)[C@H](C#N)C(=O)c1ccc(N2C(=O)c3ccccc3C2=O)cc1. The number of nitriles is 1. The number of rotatable bonds is 5. The molecule has 3 rings (SSSR count). The molecule has 2 aromatic rings. The molecule has 0 spiro atoms. The van der Waals surface area contributed by atoms with E-state index in [1.807, 2.05) is 0 Å². The molecule has 0 fully saturated rings. The summed E-state index contributed by atoms with van der Waals surface area (Å²) in [6.07, 6.45) is 0. The lowest BCUT2D eigenvalue weighted by atomic mass is 9.98. The number of hydrogen-bond acceptors (Lipinski definition) is 6. The van der Waals surface area contributed by atoms with E-state index in [1.54, 1.807) is 37.3 Å². The van der Waals surface area contributed by atoms with E-state index in [4.69, 9.17) is 10.00 Å². The summed E-state index contributed by atoms with van der Waals surface area (Å²) in [6.45, 7) is 1.64. The van der Waals surface area contributed by atoms with Gasteiger partial charge in [0, 0.05) is 5.56 Å². The van der Waals surface area contributed by atoms with E-state index in [0.29, 0.717) is 16.8 Å². The van der Waals surface area contributed by atoms with Crippen molar-refractivity contribution in [3.8, 4) is 6.07 Å². The van der Waals surface area contributed by atoms with Gasteiger partial charge in [-0.1, -0.05) is 12.1 Å². The van der Waals surface area contributed by atoms with E-state index in [2.05, 4.69) is 0 Å². The molecule has 0 saturated carbocycles. The van der Waals surface area contributed by atoms with Crippen molar-refractivity contribution in [1.82, 2.24) is 0 Å². The van der Waals surface area contributed by atoms with Gasteiger partial charge < -0.3 is 4.74 Å². The summed E-state index contributed by atoms with van der Waals surface area (Å²) in [4.78, 5) is 50.0. The van der Waals surface area contributed by atoms with Crippen LogP contribution in [0.2, 0.25) is 0 Å². The Bertz CT molecular complexity index is 953. The quantitative estimate of drug-likeness (QED) is 0.350. The number of carbonyl (C=O) groups is 4. The third-order valence-corrected chi connectivity index (χ3v) is 4.12. The molecule has 0 aromatic heterocycles. The number of ether oxygens (including phenoxy) is 1. The zero-order chi connectivity index (χ0) is 19.6. The first-order valence-corrected chi connectivity index (χ1v) is 8.18. The minimum atomic E-state index is -1.56. The molecule has 0 bridgehead atoms. The lowest BCUT2D eigenvalue weighted by molar-refractivity contribution is -0.144. The summed E-state index contributed by atoms with van der Waals surface area (Å²) < 4.78 is 4.73. The second kappa shape index (κ2) is 7.22. The first-order valence-electron chi connectivity index (χ1n) is 8.18. The Hall–Kier alpha value is -3.79. The Morgan fingerprint density at radius 3 is 2.07 bits per heavy atom. The van der Waals surface area contributed by atoms with E-state index >= 15 is 0 Å². The molecule has 0 aliphatic carbocycles. The molecular weight excluding hydrogens is 348 g/mol. The molecule has 2 amide bonds. The third-order valence-electron chi connectivity index (χ3n) is 4.12. The number of nitrogens with zero attached hydrogens (tertiary/aromatic N) is 2. The molecule has 7 nitrogen and oxygen atoms in total. The van der Waals surface area contributed by atoms with Crippen LogP contribution in [-0.4, -0.2) is 30.2 Å². The maximum Gasteiger partial charge on any atom is 0.331 e. The standard InChI is InChI=1S/C20H14N2O5/c1-2-27-20(26)16(11-21)17(23)12-7-9-13(10-8-12)22-18(24)14-5-3-4-6-15(14)19(22)25/h3-10,16H,2H2,1H3/t16-/m1/s1. The largest absolute Gasteiger partial charge is 0.465 e. The van der Waals surface area contributed by atoms with Gasteiger partial charge >= 0.3 is 5.97 Å². The molecule has 0 saturated heterocycles. The van der Waals surface area contributed by atoms with E-state index in [0.717, 1.165) is 4.90 Å². The van der Waals surface area contributed by atoms with Crippen LogP contribution >= 0.6 is 0 Å². The van der Waals surface area contributed by atoms with Crippen molar-refractivity contribution < 1.29 is 23.9 Å². The molecule has 1 atom stereocenters. The third kappa shape index (κ3) is 3.09. The van der Waals surface area contributed by atoms with Gasteiger partial charge in [0.1, 0.15) is 0 Å². The van der Waals surface area contributed by atoms with Crippen LogP contribution in [0.25, 0.3) is 0 Å². The van der Waals surface area contributed by atoms with Gasteiger partial charge in [0.15, 0.2) is 5.78 Å². The van der Waals surface area contributed by atoms with Crippen LogP contribution < -0.4 is 4.90 Å². The molecule has 27 heavy (non-hydrogen) atoms. The maximum atomic E-state index is 12.5. The molecule has 0 N–H and O–H groups in total. The number of esters is 1. The molecular formula is C20H14N2O5. The van der Waals surface area contributed by atoms with Gasteiger partial charge in [-0.2, -0.15) is 5.26 Å². The predicted molar refractivity (Wildman–Crippen MR) is 94.1 cm³/mol. The second-order valence-corrected chi connectivity index (χ2v) is 5.72. The normalized spacial score (nSPS) is 13.7. The van der Waals surface area contributed by atoms with E-state index in [1.165, 1.54) is 24.3 Å². The highest BCUT2D eigenvalue weighted by Gasteiger charge is 2.36. The Morgan fingerprint density at radius 1 is 1.04 bits per heavy atom. The number of imide groups is 1. The van der Waals surface area contributed by atoms with Crippen LogP contribution in [0, 0.1) is 17.2 Å². The fourth-order valence-corrected chi connectivity index (χ4v) is 2.81. The molecule has 1 heterocycles. The first-order chi connectivity index (χ1) is 13.0. The monoisotopic (exact) mass is 362 g/mol. The molecule has 0 unspecified atom stereocenters. The zero-order valence-corrected chi connectivity index (χ0v) is 14.3. The molecule has 1 aliphatic heterocycles. The number of ketones is 1. The number of anilines is 1. The number of amides is 2. The highest BCUT2D eigenvalue weighted by Crippen LogP contribution is 2.28. The summed E-state index contributed by atoms with van der Waals surface area (Å²) in [5, 5.41) is 9.08. The van der Waals surface area contributed by atoms with Gasteiger partial charge in [-0.15, -0.1) is 0 Å². The number of benzene rings is 2. The molecule has 134 valence electrons.